The zero-order valence-electron chi connectivity index (χ0n) is 12.5. The number of guanidine groups is 1. The van der Waals surface area contributed by atoms with Gasteiger partial charge in [-0.05, 0) is 18.8 Å². The topological polar surface area (TPSA) is 63.3 Å². The summed E-state index contributed by atoms with van der Waals surface area (Å²) in [5.74, 6) is 1.33. The summed E-state index contributed by atoms with van der Waals surface area (Å²) in [5, 5.41) is 6.34. The number of halogens is 1. The molecule has 2 rings (SSSR count). The predicted octanol–water partition coefficient (Wildman–Crippen LogP) is 3.26. The number of nitrogens with zero attached hydrogens (tertiary/aromatic N) is 2. The molecule has 0 radical (unpaired) electrons. The highest BCUT2D eigenvalue weighted by atomic mass is 127. The molecule has 1 aromatic rings. The Balaban J connectivity index is 0.00000200. The fraction of sp³-hybridized carbons (Fsp3) is 0.714. The van der Waals surface area contributed by atoms with E-state index < -0.39 is 0 Å². The monoisotopic (exact) mass is 408 g/mol. The molecule has 1 aromatic heterocycles. The SMILES string of the molecule is CC(C)(C)c1csc(CN=C(N)NCC2CCC2)n1.I. The maximum Gasteiger partial charge on any atom is 0.189 e. The van der Waals surface area contributed by atoms with Crippen LogP contribution in [0.3, 0.4) is 0 Å². The first-order valence-corrected chi connectivity index (χ1v) is 7.82. The van der Waals surface area contributed by atoms with E-state index in [1.54, 1.807) is 11.3 Å². The molecular weight excluding hydrogens is 383 g/mol. The van der Waals surface area contributed by atoms with Gasteiger partial charge >= 0.3 is 0 Å². The molecular formula is C14H25IN4S. The van der Waals surface area contributed by atoms with Gasteiger partial charge in [0.1, 0.15) is 5.01 Å². The van der Waals surface area contributed by atoms with Crippen LogP contribution in [0.1, 0.15) is 50.7 Å². The predicted molar refractivity (Wildman–Crippen MR) is 96.9 cm³/mol. The van der Waals surface area contributed by atoms with Crippen molar-refractivity contribution in [2.45, 2.75) is 52.0 Å². The van der Waals surface area contributed by atoms with Crippen molar-refractivity contribution in [3.05, 3.63) is 16.1 Å². The number of rotatable bonds is 4. The molecule has 0 bridgehead atoms. The van der Waals surface area contributed by atoms with E-state index >= 15 is 0 Å². The average Bonchev–Trinajstić information content (AvgIpc) is 2.72. The molecule has 4 nitrogen and oxygen atoms in total. The molecule has 0 amide bonds. The number of hydrogen-bond acceptors (Lipinski definition) is 3. The second-order valence-electron chi connectivity index (χ2n) is 6.26. The molecule has 6 heteroatoms. The standard InChI is InChI=1S/C14H24N4S.HI/c1-14(2,3)11-9-19-12(18-11)8-17-13(15)16-7-10-5-4-6-10;/h9-10H,4-8H2,1-3H3,(H3,15,16,17);1H. The lowest BCUT2D eigenvalue weighted by Crippen LogP contribution is -2.37. The summed E-state index contributed by atoms with van der Waals surface area (Å²) >= 11 is 1.66. The van der Waals surface area contributed by atoms with Gasteiger partial charge in [0.2, 0.25) is 0 Å². The molecule has 3 N–H and O–H groups in total. The molecule has 0 aliphatic heterocycles. The molecule has 1 saturated carbocycles. The maximum atomic E-state index is 5.86. The molecule has 0 saturated heterocycles. The van der Waals surface area contributed by atoms with E-state index in [0.29, 0.717) is 12.5 Å². The van der Waals surface area contributed by atoms with Gasteiger partial charge in [-0.15, -0.1) is 35.3 Å². The molecule has 1 fully saturated rings. The molecule has 1 heterocycles. The van der Waals surface area contributed by atoms with Crippen LogP contribution < -0.4 is 11.1 Å². The summed E-state index contributed by atoms with van der Waals surface area (Å²) in [6, 6.07) is 0. The quantitative estimate of drug-likeness (QED) is 0.457. The number of aromatic nitrogens is 1. The molecule has 1 aliphatic carbocycles. The maximum absolute atomic E-state index is 5.86. The van der Waals surface area contributed by atoms with Gasteiger partial charge in [0.05, 0.1) is 12.2 Å². The van der Waals surface area contributed by atoms with Crippen molar-refractivity contribution in [2.24, 2.45) is 16.6 Å². The minimum atomic E-state index is 0. The highest BCUT2D eigenvalue weighted by Crippen LogP contribution is 2.25. The van der Waals surface area contributed by atoms with Crippen LogP contribution in [-0.4, -0.2) is 17.5 Å². The molecule has 20 heavy (non-hydrogen) atoms. The summed E-state index contributed by atoms with van der Waals surface area (Å²) in [4.78, 5) is 8.96. The van der Waals surface area contributed by atoms with Crippen LogP contribution in [0.2, 0.25) is 0 Å². The van der Waals surface area contributed by atoms with E-state index in [2.05, 4.69) is 41.4 Å². The van der Waals surface area contributed by atoms with Gasteiger partial charge in [-0.2, -0.15) is 0 Å². The zero-order chi connectivity index (χ0) is 13.9. The molecule has 114 valence electrons. The highest BCUT2D eigenvalue weighted by Gasteiger charge is 2.18. The van der Waals surface area contributed by atoms with Gasteiger partial charge in [0.25, 0.3) is 0 Å². The van der Waals surface area contributed by atoms with Crippen LogP contribution >= 0.6 is 35.3 Å². The third kappa shape index (κ3) is 5.20. The molecule has 0 spiro atoms. The smallest absolute Gasteiger partial charge is 0.189 e. The second-order valence-corrected chi connectivity index (χ2v) is 7.20. The minimum Gasteiger partial charge on any atom is -0.370 e. The molecule has 0 aromatic carbocycles. The molecule has 0 unspecified atom stereocenters. The van der Waals surface area contributed by atoms with Crippen LogP contribution in [-0.2, 0) is 12.0 Å². The van der Waals surface area contributed by atoms with E-state index in [0.717, 1.165) is 23.2 Å². The lowest BCUT2D eigenvalue weighted by atomic mass is 9.85. The van der Waals surface area contributed by atoms with Gasteiger partial charge in [-0.1, -0.05) is 27.2 Å². The summed E-state index contributed by atoms with van der Waals surface area (Å²) in [6.45, 7) is 8.04. The lowest BCUT2D eigenvalue weighted by Gasteiger charge is -2.25. The summed E-state index contributed by atoms with van der Waals surface area (Å²) in [5.41, 5.74) is 7.09. The fourth-order valence-corrected chi connectivity index (χ4v) is 2.83. The Kier molecular flexibility index (Phi) is 6.71. The largest absolute Gasteiger partial charge is 0.370 e. The Labute approximate surface area is 142 Å². The Morgan fingerprint density at radius 1 is 1.50 bits per heavy atom. The van der Waals surface area contributed by atoms with Crippen molar-refractivity contribution in [1.82, 2.24) is 10.3 Å². The van der Waals surface area contributed by atoms with E-state index in [1.165, 1.54) is 19.3 Å². The highest BCUT2D eigenvalue weighted by molar-refractivity contribution is 14.0. The summed E-state index contributed by atoms with van der Waals surface area (Å²) < 4.78 is 0. The minimum absolute atomic E-state index is 0. The lowest BCUT2D eigenvalue weighted by molar-refractivity contribution is 0.315. The average molecular weight is 408 g/mol. The Morgan fingerprint density at radius 3 is 2.70 bits per heavy atom. The van der Waals surface area contributed by atoms with Crippen LogP contribution in [0.4, 0.5) is 0 Å². The van der Waals surface area contributed by atoms with E-state index in [4.69, 9.17) is 5.73 Å². The Hall–Kier alpha value is -0.370. The van der Waals surface area contributed by atoms with Crippen molar-refractivity contribution in [3.8, 4) is 0 Å². The number of aliphatic imine (C=N–C) groups is 1. The van der Waals surface area contributed by atoms with E-state index in [1.807, 2.05) is 0 Å². The molecule has 0 atom stereocenters. The first-order chi connectivity index (χ1) is 8.95. The van der Waals surface area contributed by atoms with Crippen molar-refractivity contribution >= 4 is 41.3 Å². The van der Waals surface area contributed by atoms with Gasteiger partial charge in [0.15, 0.2) is 5.96 Å². The van der Waals surface area contributed by atoms with Crippen molar-refractivity contribution in [3.63, 3.8) is 0 Å². The van der Waals surface area contributed by atoms with Gasteiger partial charge in [-0.3, -0.25) is 0 Å². The van der Waals surface area contributed by atoms with E-state index in [9.17, 15) is 0 Å². The zero-order valence-corrected chi connectivity index (χ0v) is 15.6. The second kappa shape index (κ2) is 7.59. The van der Waals surface area contributed by atoms with Crippen LogP contribution in [0.15, 0.2) is 10.4 Å². The van der Waals surface area contributed by atoms with Gasteiger partial charge in [0, 0.05) is 17.3 Å². The number of thiazole rings is 1. The van der Waals surface area contributed by atoms with Crippen molar-refractivity contribution in [1.29, 1.82) is 0 Å². The number of nitrogens with two attached hydrogens (primary N) is 1. The van der Waals surface area contributed by atoms with Crippen LogP contribution in [0.25, 0.3) is 0 Å². The van der Waals surface area contributed by atoms with Gasteiger partial charge < -0.3 is 11.1 Å². The first-order valence-electron chi connectivity index (χ1n) is 6.94. The van der Waals surface area contributed by atoms with Gasteiger partial charge in [-0.25, -0.2) is 9.98 Å². The van der Waals surface area contributed by atoms with E-state index in [-0.39, 0.29) is 29.4 Å². The first kappa shape index (κ1) is 17.7. The van der Waals surface area contributed by atoms with Crippen molar-refractivity contribution < 1.29 is 0 Å². The summed E-state index contributed by atoms with van der Waals surface area (Å²) in [6.07, 6.45) is 4.00. The van der Waals surface area contributed by atoms with Crippen LogP contribution in [0.5, 0.6) is 0 Å². The number of nitrogens with one attached hydrogen (secondary N) is 1. The van der Waals surface area contributed by atoms with Crippen LogP contribution in [0, 0.1) is 5.92 Å². The fourth-order valence-electron chi connectivity index (χ4n) is 1.88. The third-order valence-corrected chi connectivity index (χ3v) is 4.34. The Bertz CT molecular complexity index is 446. The Morgan fingerprint density at radius 2 is 2.20 bits per heavy atom. The molecule has 1 aliphatic rings. The number of hydrogen-bond donors (Lipinski definition) is 2. The normalized spacial score (nSPS) is 16.4. The van der Waals surface area contributed by atoms with Crippen molar-refractivity contribution in [2.75, 3.05) is 6.54 Å². The third-order valence-electron chi connectivity index (χ3n) is 3.50. The summed E-state index contributed by atoms with van der Waals surface area (Å²) in [7, 11) is 0.